The molecule has 1 aromatic heterocycles. The van der Waals surface area contributed by atoms with Crippen LogP contribution < -0.4 is 10.2 Å². The molecule has 1 saturated heterocycles. The summed E-state index contributed by atoms with van der Waals surface area (Å²) in [5.41, 5.74) is 3.51. The first-order valence-electron chi connectivity index (χ1n) is 11.6. The number of para-hydroxylation sites is 2. The normalized spacial score (nSPS) is 16.7. The number of imidazole rings is 1. The molecule has 0 bridgehead atoms. The van der Waals surface area contributed by atoms with E-state index in [0.717, 1.165) is 68.8 Å². The van der Waals surface area contributed by atoms with Gasteiger partial charge in [0.1, 0.15) is 0 Å². The number of carbonyl (C=O) groups is 1. The number of amides is 1. The molecule has 1 N–H and O–H groups in total. The number of benzene rings is 2. The average molecular weight is 419 g/mol. The Morgan fingerprint density at radius 2 is 1.90 bits per heavy atom. The Morgan fingerprint density at radius 3 is 2.71 bits per heavy atom. The van der Waals surface area contributed by atoms with Crippen molar-refractivity contribution in [3.8, 4) is 0 Å². The quantitative estimate of drug-likeness (QED) is 0.579. The van der Waals surface area contributed by atoms with Gasteiger partial charge in [0.05, 0.1) is 17.0 Å². The van der Waals surface area contributed by atoms with Gasteiger partial charge in [-0.25, -0.2) is 4.98 Å². The molecule has 2 heterocycles. The lowest BCUT2D eigenvalue weighted by Gasteiger charge is -2.33. The van der Waals surface area contributed by atoms with Crippen molar-refractivity contribution in [3.63, 3.8) is 0 Å². The van der Waals surface area contributed by atoms with Crippen LogP contribution in [0.25, 0.3) is 11.0 Å². The van der Waals surface area contributed by atoms with Crippen molar-refractivity contribution < 1.29 is 4.79 Å². The summed E-state index contributed by atoms with van der Waals surface area (Å²) in [7, 11) is 0. The fraction of sp³-hybridized carbons (Fsp3) is 0.462. The maximum absolute atomic E-state index is 12.8. The summed E-state index contributed by atoms with van der Waals surface area (Å²) in [6, 6.07) is 18.9. The van der Waals surface area contributed by atoms with Crippen molar-refractivity contribution in [1.29, 1.82) is 0 Å². The van der Waals surface area contributed by atoms with Crippen LogP contribution in [-0.2, 0) is 17.8 Å². The molecule has 3 aromatic rings. The number of piperidine rings is 1. The monoisotopic (exact) mass is 418 g/mol. The smallest absolute Gasteiger partial charge is 0.224 e. The summed E-state index contributed by atoms with van der Waals surface area (Å²) in [4.78, 5) is 20.1. The molecule has 1 atom stereocenters. The minimum atomic E-state index is 0.0308. The molecule has 1 aliphatic heterocycles. The Hall–Kier alpha value is -2.82. The predicted molar refractivity (Wildman–Crippen MR) is 127 cm³/mol. The van der Waals surface area contributed by atoms with Crippen LogP contribution in [-0.4, -0.2) is 35.1 Å². The minimum Gasteiger partial charge on any atom is -0.356 e. The number of aryl methyl sites for hydroxylation is 2. The lowest BCUT2D eigenvalue weighted by atomic mass is 9.97. The van der Waals surface area contributed by atoms with E-state index in [1.54, 1.807) is 0 Å². The fourth-order valence-corrected chi connectivity index (χ4v) is 4.41. The van der Waals surface area contributed by atoms with Crippen LogP contribution in [0.3, 0.4) is 0 Å². The van der Waals surface area contributed by atoms with Gasteiger partial charge in [-0.1, -0.05) is 56.3 Å². The van der Waals surface area contributed by atoms with Crippen LogP contribution in [0.4, 0.5) is 5.95 Å². The summed E-state index contributed by atoms with van der Waals surface area (Å²) in [6.07, 6.45) is 3.96. The van der Waals surface area contributed by atoms with Crippen molar-refractivity contribution in [2.75, 3.05) is 24.5 Å². The highest BCUT2D eigenvalue weighted by Gasteiger charge is 2.28. The molecule has 2 aromatic carbocycles. The summed E-state index contributed by atoms with van der Waals surface area (Å²) in [5, 5.41) is 3.15. The Bertz CT molecular complexity index is 995. The van der Waals surface area contributed by atoms with E-state index >= 15 is 0 Å². The van der Waals surface area contributed by atoms with Crippen molar-refractivity contribution in [3.05, 3.63) is 60.2 Å². The number of anilines is 1. The molecule has 0 radical (unpaired) electrons. The molecule has 5 nitrogen and oxygen atoms in total. The first-order chi connectivity index (χ1) is 15.1. The number of hydrogen-bond acceptors (Lipinski definition) is 3. The highest BCUT2D eigenvalue weighted by Crippen LogP contribution is 2.27. The molecule has 4 rings (SSSR count). The van der Waals surface area contributed by atoms with E-state index in [-0.39, 0.29) is 11.8 Å². The third kappa shape index (κ3) is 5.27. The van der Waals surface area contributed by atoms with E-state index in [1.165, 1.54) is 5.56 Å². The minimum absolute atomic E-state index is 0.0308. The van der Waals surface area contributed by atoms with Crippen molar-refractivity contribution in [2.24, 2.45) is 11.8 Å². The van der Waals surface area contributed by atoms with Crippen LogP contribution >= 0.6 is 0 Å². The van der Waals surface area contributed by atoms with E-state index in [2.05, 4.69) is 77.2 Å². The molecule has 0 spiro atoms. The van der Waals surface area contributed by atoms with Crippen LogP contribution in [0.2, 0.25) is 0 Å². The topological polar surface area (TPSA) is 50.2 Å². The summed E-state index contributed by atoms with van der Waals surface area (Å²) in [6.45, 7) is 7.71. The SMILES string of the molecule is CC(C)CCNC(=O)[C@@H]1CCCN(c2nc3ccccc3n2CCc2ccccc2)C1. The van der Waals surface area contributed by atoms with E-state index < -0.39 is 0 Å². The summed E-state index contributed by atoms with van der Waals surface area (Å²) in [5.74, 6) is 1.82. The second kappa shape index (κ2) is 9.99. The fourth-order valence-electron chi connectivity index (χ4n) is 4.41. The number of hydrogen-bond donors (Lipinski definition) is 1. The standard InChI is InChI=1S/C26H34N4O/c1-20(2)14-16-27-25(31)22-11-8-17-29(19-22)26-28-23-12-6-7-13-24(23)30(26)18-15-21-9-4-3-5-10-21/h3-7,9-10,12-13,20,22H,8,11,14-19H2,1-2H3,(H,27,31)/t22-/m1/s1. The zero-order valence-corrected chi connectivity index (χ0v) is 18.8. The lowest BCUT2D eigenvalue weighted by molar-refractivity contribution is -0.125. The molecule has 5 heteroatoms. The van der Waals surface area contributed by atoms with E-state index in [4.69, 9.17) is 4.98 Å². The van der Waals surface area contributed by atoms with Gasteiger partial charge in [-0.05, 0) is 49.3 Å². The number of rotatable bonds is 8. The first-order valence-corrected chi connectivity index (χ1v) is 11.6. The van der Waals surface area contributed by atoms with Gasteiger partial charge in [-0.2, -0.15) is 0 Å². The van der Waals surface area contributed by atoms with Crippen molar-refractivity contribution in [1.82, 2.24) is 14.9 Å². The summed E-state index contributed by atoms with van der Waals surface area (Å²) < 4.78 is 2.33. The van der Waals surface area contributed by atoms with Crippen LogP contribution in [0.15, 0.2) is 54.6 Å². The zero-order chi connectivity index (χ0) is 21.6. The molecule has 0 aliphatic carbocycles. The van der Waals surface area contributed by atoms with Gasteiger partial charge < -0.3 is 14.8 Å². The molecule has 1 aliphatic rings. The number of aromatic nitrogens is 2. The molecule has 0 saturated carbocycles. The van der Waals surface area contributed by atoms with Crippen LogP contribution in [0, 0.1) is 11.8 Å². The maximum atomic E-state index is 12.8. The molecule has 1 amide bonds. The van der Waals surface area contributed by atoms with Gasteiger partial charge in [-0.3, -0.25) is 4.79 Å². The predicted octanol–water partition coefficient (Wildman–Crippen LogP) is 4.66. The van der Waals surface area contributed by atoms with Gasteiger partial charge >= 0.3 is 0 Å². The zero-order valence-electron chi connectivity index (χ0n) is 18.8. The third-order valence-electron chi connectivity index (χ3n) is 6.20. The number of nitrogens with zero attached hydrogens (tertiary/aromatic N) is 3. The number of nitrogens with one attached hydrogen (secondary N) is 1. The molecular formula is C26H34N4O. The Kier molecular flexibility index (Phi) is 6.90. The van der Waals surface area contributed by atoms with E-state index in [0.29, 0.717) is 5.92 Å². The maximum Gasteiger partial charge on any atom is 0.224 e. The largest absolute Gasteiger partial charge is 0.356 e. The highest BCUT2D eigenvalue weighted by atomic mass is 16.1. The second-order valence-electron chi connectivity index (χ2n) is 9.05. The van der Waals surface area contributed by atoms with Crippen LogP contribution in [0.5, 0.6) is 0 Å². The molecule has 0 unspecified atom stereocenters. The Labute approximate surface area is 185 Å². The van der Waals surface area contributed by atoms with Gasteiger partial charge in [0, 0.05) is 26.2 Å². The third-order valence-corrected chi connectivity index (χ3v) is 6.20. The summed E-state index contributed by atoms with van der Waals surface area (Å²) >= 11 is 0. The van der Waals surface area contributed by atoms with Crippen molar-refractivity contribution >= 4 is 22.9 Å². The molecule has 1 fully saturated rings. The Balaban J connectivity index is 1.51. The first kappa shape index (κ1) is 21.4. The van der Waals surface area contributed by atoms with E-state index in [9.17, 15) is 4.79 Å². The van der Waals surface area contributed by atoms with Gasteiger partial charge in [-0.15, -0.1) is 0 Å². The highest BCUT2D eigenvalue weighted by molar-refractivity contribution is 5.81. The number of fused-ring (bicyclic) bond motifs is 1. The lowest BCUT2D eigenvalue weighted by Crippen LogP contribution is -2.44. The number of carbonyl (C=O) groups excluding carboxylic acids is 1. The average Bonchev–Trinajstić information content (AvgIpc) is 3.17. The van der Waals surface area contributed by atoms with Crippen LogP contribution in [0.1, 0.15) is 38.7 Å². The van der Waals surface area contributed by atoms with E-state index in [1.807, 2.05) is 6.07 Å². The Morgan fingerprint density at radius 1 is 1.13 bits per heavy atom. The molecule has 164 valence electrons. The van der Waals surface area contributed by atoms with Gasteiger partial charge in [0.2, 0.25) is 11.9 Å². The van der Waals surface area contributed by atoms with Crippen molar-refractivity contribution in [2.45, 2.75) is 46.1 Å². The second-order valence-corrected chi connectivity index (χ2v) is 9.05. The van der Waals surface area contributed by atoms with Gasteiger partial charge in [0.15, 0.2) is 0 Å². The molecular weight excluding hydrogens is 384 g/mol. The molecule has 31 heavy (non-hydrogen) atoms. The van der Waals surface area contributed by atoms with Gasteiger partial charge in [0.25, 0.3) is 0 Å².